The quantitative estimate of drug-likeness (QED) is 0.798. The van der Waals surface area contributed by atoms with E-state index in [2.05, 4.69) is 28.8 Å². The Hall–Kier alpha value is -2.43. The smallest absolute Gasteiger partial charge is 0.272 e. The van der Waals surface area contributed by atoms with Crippen molar-refractivity contribution in [1.29, 1.82) is 0 Å². The van der Waals surface area contributed by atoms with Gasteiger partial charge >= 0.3 is 0 Å². The summed E-state index contributed by atoms with van der Waals surface area (Å²) in [6, 6.07) is 8.30. The van der Waals surface area contributed by atoms with Crippen LogP contribution in [-0.4, -0.2) is 47.0 Å². The second-order valence-electron chi connectivity index (χ2n) is 6.99. The van der Waals surface area contributed by atoms with Crippen LogP contribution in [0.1, 0.15) is 48.7 Å². The lowest BCUT2D eigenvalue weighted by Gasteiger charge is -2.35. The number of nitrogens with zero attached hydrogens (tertiary/aromatic N) is 4. The van der Waals surface area contributed by atoms with Crippen molar-refractivity contribution >= 4 is 11.6 Å². The molecule has 1 aliphatic rings. The van der Waals surface area contributed by atoms with E-state index in [-0.39, 0.29) is 5.91 Å². The van der Waals surface area contributed by atoms with Gasteiger partial charge in [-0.2, -0.15) is 0 Å². The molecule has 26 heavy (non-hydrogen) atoms. The first-order valence-corrected chi connectivity index (χ1v) is 9.56. The Morgan fingerprint density at radius 2 is 2.04 bits per heavy atom. The van der Waals surface area contributed by atoms with E-state index in [4.69, 9.17) is 0 Å². The van der Waals surface area contributed by atoms with E-state index in [0.717, 1.165) is 44.5 Å². The molecule has 3 heterocycles. The van der Waals surface area contributed by atoms with Crippen LogP contribution >= 0.6 is 0 Å². The van der Waals surface area contributed by atoms with E-state index in [9.17, 15) is 4.79 Å². The zero-order valence-electron chi connectivity index (χ0n) is 15.8. The molecule has 3 rings (SSSR count). The lowest BCUT2D eigenvalue weighted by molar-refractivity contribution is 0.0602. The Morgan fingerprint density at radius 1 is 1.23 bits per heavy atom. The maximum absolute atomic E-state index is 12.8. The van der Waals surface area contributed by atoms with E-state index in [1.165, 1.54) is 12.0 Å². The second kappa shape index (κ2) is 8.79. The van der Waals surface area contributed by atoms with Crippen molar-refractivity contribution in [2.24, 2.45) is 0 Å². The van der Waals surface area contributed by atoms with Crippen molar-refractivity contribution < 1.29 is 4.79 Å². The van der Waals surface area contributed by atoms with E-state index in [0.29, 0.717) is 11.7 Å². The predicted molar refractivity (Wildman–Crippen MR) is 104 cm³/mol. The first-order valence-electron chi connectivity index (χ1n) is 9.56. The molecular weight excluding hydrogens is 324 g/mol. The zero-order valence-corrected chi connectivity index (χ0v) is 15.8. The van der Waals surface area contributed by atoms with Crippen LogP contribution in [0.5, 0.6) is 0 Å². The molecule has 2 aromatic heterocycles. The van der Waals surface area contributed by atoms with Gasteiger partial charge in [0.1, 0.15) is 5.69 Å². The van der Waals surface area contributed by atoms with Crippen LogP contribution in [0.4, 0.5) is 5.69 Å². The average Bonchev–Trinajstić information content (AvgIpc) is 2.72. The number of pyridine rings is 2. The van der Waals surface area contributed by atoms with Gasteiger partial charge in [0.2, 0.25) is 0 Å². The number of anilines is 1. The van der Waals surface area contributed by atoms with Crippen molar-refractivity contribution in [2.75, 3.05) is 25.0 Å². The number of hydrogen-bond acceptors (Lipinski definition) is 4. The van der Waals surface area contributed by atoms with Gasteiger partial charge in [-0.25, -0.2) is 4.98 Å². The maximum atomic E-state index is 12.8. The topological polar surface area (TPSA) is 49.3 Å². The van der Waals surface area contributed by atoms with Crippen molar-refractivity contribution in [3.63, 3.8) is 0 Å². The fraction of sp³-hybridized carbons (Fsp3) is 0.476. The minimum absolute atomic E-state index is 0.0718. The molecule has 5 nitrogen and oxygen atoms in total. The van der Waals surface area contributed by atoms with Gasteiger partial charge in [0.15, 0.2) is 0 Å². The first-order chi connectivity index (χ1) is 12.7. The van der Waals surface area contributed by atoms with E-state index in [1.54, 1.807) is 0 Å². The molecule has 0 saturated carbocycles. The lowest BCUT2D eigenvalue weighted by Crippen LogP contribution is -2.43. The minimum atomic E-state index is 0.0718. The highest BCUT2D eigenvalue weighted by molar-refractivity contribution is 5.92. The summed E-state index contributed by atoms with van der Waals surface area (Å²) in [7, 11) is 2.05. The van der Waals surface area contributed by atoms with E-state index < -0.39 is 0 Å². The van der Waals surface area contributed by atoms with Crippen molar-refractivity contribution in [3.8, 4) is 0 Å². The van der Waals surface area contributed by atoms with Crippen molar-refractivity contribution in [1.82, 2.24) is 14.9 Å². The van der Waals surface area contributed by atoms with Gasteiger partial charge < -0.3 is 9.80 Å². The highest BCUT2D eigenvalue weighted by Crippen LogP contribution is 2.22. The molecule has 1 amide bonds. The molecule has 1 fully saturated rings. The Kier molecular flexibility index (Phi) is 6.21. The van der Waals surface area contributed by atoms with Gasteiger partial charge in [-0.05, 0) is 61.9 Å². The third kappa shape index (κ3) is 4.40. The van der Waals surface area contributed by atoms with Gasteiger partial charge in [-0.1, -0.05) is 6.92 Å². The monoisotopic (exact) mass is 352 g/mol. The van der Waals surface area contributed by atoms with Crippen LogP contribution in [0.2, 0.25) is 0 Å². The third-order valence-electron chi connectivity index (χ3n) is 5.25. The normalized spacial score (nSPS) is 17.2. The molecule has 5 heteroatoms. The van der Waals surface area contributed by atoms with Crippen molar-refractivity contribution in [2.45, 2.75) is 45.1 Å². The van der Waals surface area contributed by atoms with Crippen molar-refractivity contribution in [3.05, 3.63) is 54.1 Å². The first kappa shape index (κ1) is 18.4. The third-order valence-corrected chi connectivity index (χ3v) is 5.25. The number of amides is 1. The average molecular weight is 352 g/mol. The van der Waals surface area contributed by atoms with Crippen LogP contribution in [-0.2, 0) is 6.42 Å². The Bertz CT molecular complexity index is 702. The fourth-order valence-corrected chi connectivity index (χ4v) is 3.55. The molecule has 1 saturated heterocycles. The van der Waals surface area contributed by atoms with Crippen LogP contribution in [0.25, 0.3) is 0 Å². The van der Waals surface area contributed by atoms with Crippen LogP contribution in [0, 0.1) is 0 Å². The Labute approximate surface area is 156 Å². The molecule has 0 spiro atoms. The van der Waals surface area contributed by atoms with Gasteiger partial charge in [-0.3, -0.25) is 9.78 Å². The van der Waals surface area contributed by atoms with E-state index in [1.807, 2.05) is 47.8 Å². The van der Waals surface area contributed by atoms with Gasteiger partial charge in [0, 0.05) is 38.6 Å². The number of hydrogen-bond donors (Lipinski definition) is 0. The van der Waals surface area contributed by atoms with Crippen LogP contribution < -0.4 is 4.90 Å². The zero-order chi connectivity index (χ0) is 18.4. The number of carbonyl (C=O) groups is 1. The molecule has 0 N–H and O–H groups in total. The summed E-state index contributed by atoms with van der Waals surface area (Å²) in [5, 5.41) is 0. The summed E-state index contributed by atoms with van der Waals surface area (Å²) in [5.74, 6) is 0.0718. The fourth-order valence-electron chi connectivity index (χ4n) is 3.55. The van der Waals surface area contributed by atoms with Gasteiger partial charge in [-0.15, -0.1) is 0 Å². The molecule has 2 aromatic rings. The molecule has 1 unspecified atom stereocenters. The number of piperidine rings is 1. The number of likely N-dealkylation sites (tertiary alicyclic amines) is 1. The Morgan fingerprint density at radius 3 is 2.73 bits per heavy atom. The number of carbonyl (C=O) groups excluding carboxylic acids is 1. The molecule has 138 valence electrons. The molecule has 0 aromatic carbocycles. The predicted octanol–water partition coefficient (Wildman–Crippen LogP) is 3.56. The highest BCUT2D eigenvalue weighted by atomic mass is 16.2. The maximum Gasteiger partial charge on any atom is 0.272 e. The summed E-state index contributed by atoms with van der Waals surface area (Å²) in [5.41, 5.74) is 2.85. The molecule has 0 aliphatic carbocycles. The number of likely N-dealkylation sites (N-methyl/N-ethyl adjacent to an activating group) is 1. The van der Waals surface area contributed by atoms with Gasteiger partial charge in [0.05, 0.1) is 11.9 Å². The molecule has 1 atom stereocenters. The number of aromatic nitrogens is 2. The summed E-state index contributed by atoms with van der Waals surface area (Å²) in [4.78, 5) is 25.5. The largest absolute Gasteiger partial charge is 0.373 e. The van der Waals surface area contributed by atoms with Crippen LogP contribution in [0.3, 0.4) is 0 Å². The van der Waals surface area contributed by atoms with Crippen LogP contribution in [0.15, 0.2) is 42.9 Å². The summed E-state index contributed by atoms with van der Waals surface area (Å²) in [6.45, 7) is 3.90. The summed E-state index contributed by atoms with van der Waals surface area (Å²) in [6.07, 6.45) is 10.8. The summed E-state index contributed by atoms with van der Waals surface area (Å²) >= 11 is 0. The molecule has 1 aliphatic heterocycles. The highest BCUT2D eigenvalue weighted by Gasteiger charge is 2.26. The number of rotatable bonds is 6. The summed E-state index contributed by atoms with van der Waals surface area (Å²) < 4.78 is 0. The van der Waals surface area contributed by atoms with Gasteiger partial charge in [0.25, 0.3) is 5.91 Å². The molecule has 0 bridgehead atoms. The second-order valence-corrected chi connectivity index (χ2v) is 6.99. The lowest BCUT2D eigenvalue weighted by atomic mass is 9.99. The molecular formula is C21H28N4O. The van der Waals surface area contributed by atoms with E-state index >= 15 is 0 Å². The Balaban J connectivity index is 1.61. The minimum Gasteiger partial charge on any atom is -0.373 e. The molecule has 0 radical (unpaired) electrons. The standard InChI is InChI=1S/C21H28N4O/c1-3-18-6-4-5-14-25(18)21(26)20-8-7-19(16-23-20)24(2)15-11-17-9-12-22-13-10-17/h7-10,12-13,16,18H,3-6,11,14-15H2,1-2H3. The SMILES string of the molecule is CCC1CCCCN1C(=O)c1ccc(N(C)CCc2ccncc2)cn1.